The minimum absolute atomic E-state index is 0.0749. The van der Waals surface area contributed by atoms with Crippen molar-refractivity contribution in [3.8, 4) is 11.5 Å². The van der Waals surface area contributed by atoms with E-state index in [4.69, 9.17) is 9.47 Å². The zero-order valence-corrected chi connectivity index (χ0v) is 32.0. The first-order chi connectivity index (χ1) is 26.2. The summed E-state index contributed by atoms with van der Waals surface area (Å²) in [6, 6.07) is 33.6. The first-order valence-electron chi connectivity index (χ1n) is 18.2. The molecule has 3 aliphatic rings. The molecule has 5 aromatic rings. The Morgan fingerprint density at radius 1 is 0.796 bits per heavy atom. The van der Waals surface area contributed by atoms with Crippen LogP contribution < -0.4 is 24.6 Å². The third-order valence-electron chi connectivity index (χ3n) is 10.9. The third kappa shape index (κ3) is 6.57. The van der Waals surface area contributed by atoms with Gasteiger partial charge in [-0.1, -0.05) is 78.9 Å². The predicted molar refractivity (Wildman–Crippen MR) is 214 cm³/mol. The predicted octanol–water partition coefficient (Wildman–Crippen LogP) is 9.20. The number of anilines is 2. The molecule has 8 rings (SSSR count). The van der Waals surface area contributed by atoms with Gasteiger partial charge in [0.1, 0.15) is 12.2 Å². The van der Waals surface area contributed by atoms with Gasteiger partial charge in [0.2, 0.25) is 0 Å². The van der Waals surface area contributed by atoms with Gasteiger partial charge in [0, 0.05) is 30.6 Å². The fraction of sp³-hybridized carbons (Fsp3) is 0.222. The molecule has 0 unspecified atom stereocenters. The molecule has 8 nitrogen and oxygen atoms in total. The number of benzene rings is 5. The molecule has 0 bridgehead atoms. The van der Waals surface area contributed by atoms with Crippen LogP contribution in [0.4, 0.5) is 16.2 Å². The first kappa shape index (κ1) is 35.4. The number of ether oxygens (including phenoxy) is 2. The van der Waals surface area contributed by atoms with E-state index in [1.165, 1.54) is 41.1 Å². The van der Waals surface area contributed by atoms with Gasteiger partial charge in [-0.15, -0.1) is 0 Å². The highest BCUT2D eigenvalue weighted by molar-refractivity contribution is 9.10. The molecule has 2 atom stereocenters. The van der Waals surface area contributed by atoms with E-state index < -0.39 is 17.8 Å². The fourth-order valence-corrected chi connectivity index (χ4v) is 8.61. The normalized spacial score (nSPS) is 18.7. The Morgan fingerprint density at radius 3 is 2.02 bits per heavy atom. The number of amides is 4. The highest BCUT2D eigenvalue weighted by Crippen LogP contribution is 2.50. The number of hydrogen-bond donors (Lipinski definition) is 1. The van der Waals surface area contributed by atoms with E-state index in [2.05, 4.69) is 76.4 Å². The second-order valence-electron chi connectivity index (χ2n) is 14.2. The minimum atomic E-state index is -0.779. The van der Waals surface area contributed by atoms with Gasteiger partial charge in [0.05, 0.1) is 17.3 Å². The van der Waals surface area contributed by atoms with Gasteiger partial charge >= 0.3 is 6.03 Å². The average molecular weight is 783 g/mol. The standard InChI is InChI=1S/C45H40BrN3O5/c1-27-14-15-29(20-28(27)2)26-54-42-39(46)22-30(23-40(42)53-3)21-38-43(50)47-45(52)49(44(38)51)33-24-36-34(31-10-6-4-7-11-31)16-18-48-19-17-35(37(25-33)41(36)48)32-12-8-5-9-13-32/h4-15,20-25,34-35H,16-19,26H2,1-3H3,(H,47,50,52)/b38-21+/t34-,35-/m0/s1. The Bertz CT molecular complexity index is 2250. The molecule has 4 amide bonds. The number of imide groups is 2. The van der Waals surface area contributed by atoms with Gasteiger partial charge in [0.15, 0.2) is 11.5 Å². The van der Waals surface area contributed by atoms with Crippen molar-refractivity contribution in [2.45, 2.75) is 45.1 Å². The number of halogens is 1. The van der Waals surface area contributed by atoms with Gasteiger partial charge in [-0.3, -0.25) is 14.9 Å². The summed E-state index contributed by atoms with van der Waals surface area (Å²) in [5.41, 5.74) is 9.89. The Balaban J connectivity index is 1.18. The van der Waals surface area contributed by atoms with Crippen LogP contribution in [0.1, 0.15) is 69.2 Å². The van der Waals surface area contributed by atoms with Crippen molar-refractivity contribution < 1.29 is 23.9 Å². The lowest BCUT2D eigenvalue weighted by atomic mass is 9.76. The van der Waals surface area contributed by atoms with E-state index in [1.807, 2.05) is 54.6 Å². The average Bonchev–Trinajstić information content (AvgIpc) is 3.18. The number of methoxy groups -OCH3 is 1. The molecule has 3 heterocycles. The number of aryl methyl sites for hydroxylation is 2. The molecule has 1 fully saturated rings. The van der Waals surface area contributed by atoms with Gasteiger partial charge in [-0.25, -0.2) is 9.69 Å². The Labute approximate surface area is 323 Å². The summed E-state index contributed by atoms with van der Waals surface area (Å²) in [6.45, 7) is 6.29. The minimum Gasteiger partial charge on any atom is -0.493 e. The van der Waals surface area contributed by atoms with E-state index in [9.17, 15) is 14.4 Å². The number of hydrogen-bond acceptors (Lipinski definition) is 6. The summed E-state index contributed by atoms with van der Waals surface area (Å²) >= 11 is 3.61. The van der Waals surface area contributed by atoms with E-state index in [1.54, 1.807) is 12.1 Å². The second-order valence-corrected chi connectivity index (χ2v) is 15.0. The van der Waals surface area contributed by atoms with Crippen molar-refractivity contribution in [3.05, 3.63) is 158 Å². The zero-order chi connectivity index (χ0) is 37.5. The van der Waals surface area contributed by atoms with Gasteiger partial charge in [0.25, 0.3) is 11.8 Å². The first-order valence-corrected chi connectivity index (χ1v) is 19.0. The summed E-state index contributed by atoms with van der Waals surface area (Å²) in [5, 5.41) is 2.44. The maximum absolute atomic E-state index is 14.4. The Hall–Kier alpha value is -5.67. The number of nitrogens with zero attached hydrogens (tertiary/aromatic N) is 2. The monoisotopic (exact) mass is 781 g/mol. The molecule has 54 heavy (non-hydrogen) atoms. The van der Waals surface area contributed by atoms with Crippen LogP contribution in [0.3, 0.4) is 0 Å². The number of carbonyl (C=O) groups excluding carboxylic acids is 3. The lowest BCUT2D eigenvalue weighted by molar-refractivity contribution is -0.122. The van der Waals surface area contributed by atoms with Crippen molar-refractivity contribution in [1.82, 2.24) is 5.32 Å². The summed E-state index contributed by atoms with van der Waals surface area (Å²) in [4.78, 5) is 45.0. The quantitative estimate of drug-likeness (QED) is 0.125. The molecule has 0 radical (unpaired) electrons. The molecular formula is C45H40BrN3O5. The molecular weight excluding hydrogens is 742 g/mol. The largest absolute Gasteiger partial charge is 0.493 e. The van der Waals surface area contributed by atoms with E-state index >= 15 is 0 Å². The third-order valence-corrected chi connectivity index (χ3v) is 11.5. The van der Waals surface area contributed by atoms with Crippen molar-refractivity contribution in [2.24, 2.45) is 0 Å². The summed E-state index contributed by atoms with van der Waals surface area (Å²) in [6.07, 6.45) is 3.29. The van der Waals surface area contributed by atoms with Crippen LogP contribution in [0.5, 0.6) is 11.5 Å². The number of carbonyl (C=O) groups is 3. The maximum atomic E-state index is 14.4. The van der Waals surface area contributed by atoms with E-state index in [0.29, 0.717) is 33.8 Å². The Kier molecular flexibility index (Phi) is 9.58. The van der Waals surface area contributed by atoms with Gasteiger partial charge in [-0.2, -0.15) is 0 Å². The number of rotatable bonds is 8. The smallest absolute Gasteiger partial charge is 0.335 e. The molecule has 0 aromatic heterocycles. The Morgan fingerprint density at radius 2 is 1.43 bits per heavy atom. The number of nitrogens with one attached hydrogen (secondary N) is 1. The van der Waals surface area contributed by atoms with Crippen molar-refractivity contribution in [3.63, 3.8) is 0 Å². The van der Waals surface area contributed by atoms with Crippen LogP contribution in [-0.2, 0) is 16.2 Å². The molecule has 0 aliphatic carbocycles. The lowest BCUT2D eigenvalue weighted by Crippen LogP contribution is -2.54. The van der Waals surface area contributed by atoms with Gasteiger partial charge < -0.3 is 14.4 Å². The molecule has 0 saturated carbocycles. The molecule has 272 valence electrons. The SMILES string of the molecule is COc1cc(/C=C2\C(=O)NC(=O)N(c3cc4c5c(c3)[C@H](c3ccccc3)CCN5CC[C@H]4c3ccccc3)C2=O)cc(Br)c1OCc1ccc(C)c(C)c1. The molecule has 5 aromatic carbocycles. The summed E-state index contributed by atoms with van der Waals surface area (Å²) < 4.78 is 12.5. The van der Waals surface area contributed by atoms with Crippen LogP contribution >= 0.6 is 15.9 Å². The van der Waals surface area contributed by atoms with E-state index in [-0.39, 0.29) is 17.4 Å². The van der Waals surface area contributed by atoms with Crippen LogP contribution in [0.2, 0.25) is 0 Å². The lowest BCUT2D eigenvalue weighted by Gasteiger charge is -2.44. The molecule has 3 aliphatic heterocycles. The van der Waals surface area contributed by atoms with Crippen LogP contribution in [-0.4, -0.2) is 38.0 Å². The highest BCUT2D eigenvalue weighted by Gasteiger charge is 2.40. The maximum Gasteiger partial charge on any atom is 0.335 e. The summed E-state index contributed by atoms with van der Waals surface area (Å²) in [5.74, 6) is -0.393. The van der Waals surface area contributed by atoms with Crippen molar-refractivity contribution in [2.75, 3.05) is 30.0 Å². The second kappa shape index (κ2) is 14.6. The molecule has 1 N–H and O–H groups in total. The van der Waals surface area contributed by atoms with Crippen LogP contribution in [0.15, 0.2) is 113 Å². The fourth-order valence-electron chi connectivity index (χ4n) is 8.04. The van der Waals surface area contributed by atoms with Gasteiger partial charge in [-0.05, 0) is 117 Å². The topological polar surface area (TPSA) is 88.2 Å². The molecule has 0 spiro atoms. The van der Waals surface area contributed by atoms with Crippen molar-refractivity contribution in [1.29, 1.82) is 0 Å². The molecule has 9 heteroatoms. The summed E-state index contributed by atoms with van der Waals surface area (Å²) in [7, 11) is 1.54. The van der Waals surface area contributed by atoms with E-state index in [0.717, 1.165) is 47.5 Å². The number of urea groups is 1. The zero-order valence-electron chi connectivity index (χ0n) is 30.4. The van der Waals surface area contributed by atoms with Crippen molar-refractivity contribution >= 4 is 51.2 Å². The van der Waals surface area contributed by atoms with Crippen LogP contribution in [0.25, 0.3) is 6.08 Å². The highest BCUT2D eigenvalue weighted by atomic mass is 79.9. The number of barbiturate groups is 1. The van der Waals surface area contributed by atoms with Crippen LogP contribution in [0, 0.1) is 13.8 Å². The molecule has 1 saturated heterocycles.